The number of benzene rings is 2. The van der Waals surface area contributed by atoms with Gasteiger partial charge >= 0.3 is 0 Å². The van der Waals surface area contributed by atoms with Crippen LogP contribution in [0.2, 0.25) is 0 Å². The van der Waals surface area contributed by atoms with Crippen LogP contribution in [0.1, 0.15) is 5.56 Å². The summed E-state index contributed by atoms with van der Waals surface area (Å²) in [6, 6.07) is 9.12. The summed E-state index contributed by atoms with van der Waals surface area (Å²) in [6.45, 7) is 0.392. The molecule has 2 aromatic rings. The highest BCUT2D eigenvalue weighted by molar-refractivity contribution is 9.10. The Morgan fingerprint density at radius 3 is 2.53 bits per heavy atom. The summed E-state index contributed by atoms with van der Waals surface area (Å²) in [5.41, 5.74) is 1.19. The van der Waals surface area contributed by atoms with Gasteiger partial charge in [0, 0.05) is 12.6 Å². The third-order valence-electron chi connectivity index (χ3n) is 2.64. The van der Waals surface area contributed by atoms with Crippen molar-refractivity contribution < 1.29 is 13.5 Å². The average molecular weight is 328 g/mol. The smallest absolute Gasteiger partial charge is 0.146 e. The molecule has 2 aromatic carbocycles. The largest absolute Gasteiger partial charge is 0.497 e. The molecule has 5 heteroatoms. The van der Waals surface area contributed by atoms with Gasteiger partial charge in [-0.15, -0.1) is 0 Å². The van der Waals surface area contributed by atoms with Crippen molar-refractivity contribution in [3.05, 3.63) is 58.1 Å². The number of hydrogen-bond donors (Lipinski definition) is 1. The van der Waals surface area contributed by atoms with Crippen molar-refractivity contribution >= 4 is 21.6 Å². The van der Waals surface area contributed by atoms with E-state index in [9.17, 15) is 8.78 Å². The fraction of sp³-hybridized carbons (Fsp3) is 0.143. The second-order valence-electron chi connectivity index (χ2n) is 3.95. The molecule has 0 saturated carbocycles. The van der Waals surface area contributed by atoms with Crippen LogP contribution in [0.4, 0.5) is 14.5 Å². The van der Waals surface area contributed by atoms with E-state index < -0.39 is 0 Å². The molecule has 0 radical (unpaired) electrons. The SMILES string of the molecule is COc1ccc(F)c(NCc2ccc(F)c(Br)c2)c1. The van der Waals surface area contributed by atoms with E-state index in [-0.39, 0.29) is 11.6 Å². The topological polar surface area (TPSA) is 21.3 Å². The zero-order chi connectivity index (χ0) is 13.8. The van der Waals surface area contributed by atoms with Gasteiger partial charge in [-0.05, 0) is 45.8 Å². The molecule has 0 bridgehead atoms. The number of methoxy groups -OCH3 is 1. The molecule has 2 rings (SSSR count). The minimum absolute atomic E-state index is 0.323. The molecular weight excluding hydrogens is 316 g/mol. The van der Waals surface area contributed by atoms with Gasteiger partial charge in [0.15, 0.2) is 0 Å². The second kappa shape index (κ2) is 6.02. The molecular formula is C14H12BrF2NO. The number of nitrogens with one attached hydrogen (secondary N) is 1. The lowest BCUT2D eigenvalue weighted by Gasteiger charge is -2.10. The third-order valence-corrected chi connectivity index (χ3v) is 3.25. The summed E-state index contributed by atoms with van der Waals surface area (Å²) in [4.78, 5) is 0. The van der Waals surface area contributed by atoms with Crippen molar-refractivity contribution in [3.63, 3.8) is 0 Å². The van der Waals surface area contributed by atoms with Gasteiger partial charge in [0.2, 0.25) is 0 Å². The number of halogens is 3. The molecule has 0 aromatic heterocycles. The first-order valence-corrected chi connectivity index (χ1v) is 6.41. The lowest BCUT2D eigenvalue weighted by Crippen LogP contribution is -2.02. The number of hydrogen-bond acceptors (Lipinski definition) is 2. The lowest BCUT2D eigenvalue weighted by molar-refractivity contribution is 0.414. The highest BCUT2D eigenvalue weighted by Gasteiger charge is 2.05. The summed E-state index contributed by atoms with van der Waals surface area (Å²) < 4.78 is 32.1. The Kier molecular flexibility index (Phi) is 4.37. The molecule has 19 heavy (non-hydrogen) atoms. The molecule has 0 amide bonds. The fourth-order valence-electron chi connectivity index (χ4n) is 1.61. The molecule has 0 fully saturated rings. The molecule has 0 saturated heterocycles. The summed E-state index contributed by atoms with van der Waals surface area (Å²) in [5.74, 6) is -0.109. The van der Waals surface area contributed by atoms with Crippen LogP contribution in [0, 0.1) is 11.6 Å². The van der Waals surface area contributed by atoms with Crippen LogP contribution in [0.5, 0.6) is 5.75 Å². The Morgan fingerprint density at radius 1 is 1.11 bits per heavy atom. The van der Waals surface area contributed by atoms with E-state index in [1.165, 1.54) is 19.2 Å². The predicted octanol–water partition coefficient (Wildman–Crippen LogP) is 4.35. The fourth-order valence-corrected chi connectivity index (χ4v) is 2.04. The van der Waals surface area contributed by atoms with Crippen LogP contribution in [-0.2, 0) is 6.54 Å². The molecule has 0 aliphatic carbocycles. The van der Waals surface area contributed by atoms with E-state index >= 15 is 0 Å². The van der Waals surface area contributed by atoms with Gasteiger partial charge in [-0.3, -0.25) is 0 Å². The summed E-state index contributed by atoms with van der Waals surface area (Å²) in [7, 11) is 1.52. The van der Waals surface area contributed by atoms with Gasteiger partial charge in [-0.1, -0.05) is 6.07 Å². The van der Waals surface area contributed by atoms with Crippen LogP contribution < -0.4 is 10.1 Å². The van der Waals surface area contributed by atoms with Crippen LogP contribution in [-0.4, -0.2) is 7.11 Å². The number of ether oxygens (including phenoxy) is 1. The molecule has 0 unspecified atom stereocenters. The third kappa shape index (κ3) is 3.44. The first kappa shape index (κ1) is 13.8. The first-order chi connectivity index (χ1) is 9.10. The molecule has 2 nitrogen and oxygen atoms in total. The highest BCUT2D eigenvalue weighted by atomic mass is 79.9. The maximum Gasteiger partial charge on any atom is 0.146 e. The van der Waals surface area contributed by atoms with Gasteiger partial charge < -0.3 is 10.1 Å². The van der Waals surface area contributed by atoms with Crippen molar-refractivity contribution in [1.29, 1.82) is 0 Å². The molecule has 0 aliphatic rings. The van der Waals surface area contributed by atoms with Gasteiger partial charge in [-0.2, -0.15) is 0 Å². The Bertz CT molecular complexity index is 590. The lowest BCUT2D eigenvalue weighted by atomic mass is 10.2. The van der Waals surface area contributed by atoms with Crippen LogP contribution in [0.3, 0.4) is 0 Å². The average Bonchev–Trinajstić information content (AvgIpc) is 2.41. The van der Waals surface area contributed by atoms with Crippen molar-refractivity contribution in [2.24, 2.45) is 0 Å². The number of anilines is 1. The van der Waals surface area contributed by atoms with Crippen molar-refractivity contribution in [3.8, 4) is 5.75 Å². The van der Waals surface area contributed by atoms with Crippen molar-refractivity contribution in [1.82, 2.24) is 0 Å². The Morgan fingerprint density at radius 2 is 1.84 bits per heavy atom. The van der Waals surface area contributed by atoms with Crippen molar-refractivity contribution in [2.75, 3.05) is 12.4 Å². The molecule has 100 valence electrons. The zero-order valence-electron chi connectivity index (χ0n) is 10.2. The van der Waals surface area contributed by atoms with E-state index in [4.69, 9.17) is 4.74 Å². The molecule has 1 N–H and O–H groups in total. The van der Waals surface area contributed by atoms with E-state index in [1.807, 2.05) is 0 Å². The van der Waals surface area contributed by atoms with Gasteiger partial charge in [0.05, 0.1) is 17.3 Å². The Balaban J connectivity index is 2.11. The van der Waals surface area contributed by atoms with E-state index in [0.29, 0.717) is 22.5 Å². The van der Waals surface area contributed by atoms with Crippen LogP contribution >= 0.6 is 15.9 Å². The predicted molar refractivity (Wildman–Crippen MR) is 74.4 cm³/mol. The normalized spacial score (nSPS) is 10.3. The van der Waals surface area contributed by atoms with Gasteiger partial charge in [0.25, 0.3) is 0 Å². The molecule has 0 heterocycles. The maximum atomic E-state index is 13.6. The zero-order valence-corrected chi connectivity index (χ0v) is 11.8. The number of rotatable bonds is 4. The standard InChI is InChI=1S/C14H12BrF2NO/c1-19-10-3-5-13(17)14(7-10)18-8-9-2-4-12(16)11(15)6-9/h2-7,18H,8H2,1H3. The van der Waals surface area contributed by atoms with Crippen molar-refractivity contribution in [2.45, 2.75) is 6.54 Å². The van der Waals surface area contributed by atoms with Crippen LogP contribution in [0.25, 0.3) is 0 Å². The highest BCUT2D eigenvalue weighted by Crippen LogP contribution is 2.22. The molecule has 0 aliphatic heterocycles. The van der Waals surface area contributed by atoms with Gasteiger partial charge in [-0.25, -0.2) is 8.78 Å². The Labute approximate surface area is 118 Å². The summed E-state index contributed by atoms with van der Waals surface area (Å²) in [5, 5.41) is 2.95. The van der Waals surface area contributed by atoms with Gasteiger partial charge in [0.1, 0.15) is 17.4 Å². The Hall–Kier alpha value is -1.62. The van der Waals surface area contributed by atoms with E-state index in [1.54, 1.807) is 24.3 Å². The van der Waals surface area contributed by atoms with E-state index in [0.717, 1.165) is 5.56 Å². The second-order valence-corrected chi connectivity index (χ2v) is 4.80. The summed E-state index contributed by atoms with van der Waals surface area (Å²) >= 11 is 3.11. The first-order valence-electron chi connectivity index (χ1n) is 5.61. The molecule has 0 spiro atoms. The monoisotopic (exact) mass is 327 g/mol. The van der Waals surface area contributed by atoms with E-state index in [2.05, 4.69) is 21.2 Å². The van der Waals surface area contributed by atoms with Crippen LogP contribution in [0.15, 0.2) is 40.9 Å². The molecule has 0 atom stereocenters. The maximum absolute atomic E-state index is 13.6. The minimum atomic E-state index is -0.359. The minimum Gasteiger partial charge on any atom is -0.497 e. The summed E-state index contributed by atoms with van der Waals surface area (Å²) in [6.07, 6.45) is 0. The quantitative estimate of drug-likeness (QED) is 0.901.